The summed E-state index contributed by atoms with van der Waals surface area (Å²) >= 11 is 0. The number of pyridine rings is 1. The van der Waals surface area contributed by atoms with Gasteiger partial charge in [-0.05, 0) is 6.07 Å². The van der Waals surface area contributed by atoms with E-state index in [2.05, 4.69) is 20.3 Å². The van der Waals surface area contributed by atoms with E-state index < -0.39 is 0 Å². The number of aromatic amines is 1. The van der Waals surface area contributed by atoms with Crippen molar-refractivity contribution in [2.75, 3.05) is 5.32 Å². The molecule has 0 bridgehead atoms. The minimum atomic E-state index is -0.328. The lowest BCUT2D eigenvalue weighted by Crippen LogP contribution is -2.14. The van der Waals surface area contributed by atoms with Crippen LogP contribution in [0.4, 0.5) is 5.69 Å². The van der Waals surface area contributed by atoms with Crippen molar-refractivity contribution in [2.24, 2.45) is 0 Å². The van der Waals surface area contributed by atoms with E-state index in [0.717, 1.165) is 0 Å². The molecule has 80 valence electrons. The Morgan fingerprint density at radius 3 is 2.62 bits per heavy atom. The van der Waals surface area contributed by atoms with Crippen LogP contribution in [-0.4, -0.2) is 20.9 Å². The maximum absolute atomic E-state index is 11.6. The highest BCUT2D eigenvalue weighted by molar-refractivity contribution is 6.03. The van der Waals surface area contributed by atoms with Crippen molar-refractivity contribution in [3.05, 3.63) is 53.0 Å². The number of anilines is 1. The predicted molar refractivity (Wildman–Crippen MR) is 57.0 cm³/mol. The molecule has 6 heteroatoms. The SMILES string of the molecule is O=C(Nc1cncnc1)c1ccc(=O)[nH]c1. The second-order valence-corrected chi connectivity index (χ2v) is 3.02. The van der Waals surface area contributed by atoms with Gasteiger partial charge in [0.2, 0.25) is 5.56 Å². The molecule has 0 fully saturated rings. The van der Waals surface area contributed by atoms with Gasteiger partial charge in [-0.2, -0.15) is 0 Å². The van der Waals surface area contributed by atoms with Gasteiger partial charge in [0.25, 0.3) is 5.91 Å². The third-order valence-electron chi connectivity index (χ3n) is 1.86. The summed E-state index contributed by atoms with van der Waals surface area (Å²) < 4.78 is 0. The number of carbonyl (C=O) groups is 1. The van der Waals surface area contributed by atoms with Crippen molar-refractivity contribution in [2.45, 2.75) is 0 Å². The lowest BCUT2D eigenvalue weighted by Gasteiger charge is -2.02. The molecule has 0 saturated heterocycles. The van der Waals surface area contributed by atoms with E-state index in [1.54, 1.807) is 0 Å². The Hall–Kier alpha value is -2.50. The summed E-state index contributed by atoms with van der Waals surface area (Å²) in [4.78, 5) is 32.4. The molecule has 2 rings (SSSR count). The summed E-state index contributed by atoms with van der Waals surface area (Å²) in [5.41, 5.74) is 0.613. The Morgan fingerprint density at radius 1 is 1.25 bits per heavy atom. The molecule has 0 radical (unpaired) electrons. The molecule has 0 aliphatic carbocycles. The number of H-pyrrole nitrogens is 1. The average molecular weight is 216 g/mol. The molecule has 0 spiro atoms. The van der Waals surface area contributed by atoms with E-state index in [9.17, 15) is 9.59 Å². The number of aromatic nitrogens is 3. The minimum absolute atomic E-state index is 0.250. The standard InChI is InChI=1S/C10H8N4O2/c15-9-2-1-7(3-13-9)10(16)14-8-4-11-6-12-5-8/h1-6H,(H,13,15)(H,14,16). The van der Waals surface area contributed by atoms with Gasteiger partial charge in [-0.3, -0.25) is 9.59 Å². The Bertz CT molecular complexity index is 530. The van der Waals surface area contributed by atoms with Gasteiger partial charge < -0.3 is 10.3 Å². The highest BCUT2D eigenvalue weighted by atomic mass is 16.1. The normalized spacial score (nSPS) is 9.75. The largest absolute Gasteiger partial charge is 0.328 e. The predicted octanol–water partition coefficient (Wildman–Crippen LogP) is 0.417. The number of carbonyl (C=O) groups excluding carboxylic acids is 1. The summed E-state index contributed by atoms with van der Waals surface area (Å²) in [7, 11) is 0. The van der Waals surface area contributed by atoms with Crippen LogP contribution >= 0.6 is 0 Å². The zero-order valence-electron chi connectivity index (χ0n) is 8.18. The van der Waals surface area contributed by atoms with Gasteiger partial charge in [0.1, 0.15) is 6.33 Å². The van der Waals surface area contributed by atoms with Crippen molar-refractivity contribution >= 4 is 11.6 Å². The van der Waals surface area contributed by atoms with Crippen LogP contribution in [0.1, 0.15) is 10.4 Å². The van der Waals surface area contributed by atoms with Crippen LogP contribution in [0, 0.1) is 0 Å². The molecule has 1 amide bonds. The number of hydrogen-bond donors (Lipinski definition) is 2. The van der Waals surface area contributed by atoms with Gasteiger partial charge in [-0.25, -0.2) is 9.97 Å². The molecule has 0 aliphatic heterocycles. The molecular formula is C10H8N4O2. The molecular weight excluding hydrogens is 208 g/mol. The van der Waals surface area contributed by atoms with Gasteiger partial charge in [-0.1, -0.05) is 0 Å². The highest BCUT2D eigenvalue weighted by Crippen LogP contribution is 2.03. The molecule has 0 aromatic carbocycles. The van der Waals surface area contributed by atoms with Gasteiger partial charge in [-0.15, -0.1) is 0 Å². The van der Waals surface area contributed by atoms with Crippen LogP contribution in [0.2, 0.25) is 0 Å². The quantitative estimate of drug-likeness (QED) is 0.761. The van der Waals surface area contributed by atoms with Crippen LogP contribution in [0.3, 0.4) is 0 Å². The number of rotatable bonds is 2. The zero-order chi connectivity index (χ0) is 11.4. The van der Waals surface area contributed by atoms with Crippen LogP contribution in [-0.2, 0) is 0 Å². The number of nitrogens with zero attached hydrogens (tertiary/aromatic N) is 2. The molecule has 2 heterocycles. The highest BCUT2D eigenvalue weighted by Gasteiger charge is 2.05. The van der Waals surface area contributed by atoms with Crippen LogP contribution in [0.15, 0.2) is 41.8 Å². The molecule has 2 aromatic heterocycles. The summed E-state index contributed by atoms with van der Waals surface area (Å²) in [6, 6.07) is 2.73. The second kappa shape index (κ2) is 4.35. The Balaban J connectivity index is 2.15. The van der Waals surface area contributed by atoms with E-state index in [4.69, 9.17) is 0 Å². The van der Waals surface area contributed by atoms with E-state index in [-0.39, 0.29) is 11.5 Å². The topological polar surface area (TPSA) is 87.7 Å². The molecule has 2 aromatic rings. The van der Waals surface area contributed by atoms with Crippen molar-refractivity contribution < 1.29 is 4.79 Å². The Morgan fingerprint density at radius 2 is 2.00 bits per heavy atom. The average Bonchev–Trinajstić information content (AvgIpc) is 2.31. The van der Waals surface area contributed by atoms with Crippen molar-refractivity contribution in [3.63, 3.8) is 0 Å². The van der Waals surface area contributed by atoms with E-state index in [0.29, 0.717) is 11.3 Å². The van der Waals surface area contributed by atoms with E-state index >= 15 is 0 Å². The van der Waals surface area contributed by atoms with Gasteiger partial charge in [0, 0.05) is 12.3 Å². The fraction of sp³-hybridized carbons (Fsp3) is 0. The smallest absolute Gasteiger partial charge is 0.257 e. The first-order valence-electron chi connectivity index (χ1n) is 4.51. The summed E-state index contributed by atoms with van der Waals surface area (Å²) in [5.74, 6) is -0.328. The second-order valence-electron chi connectivity index (χ2n) is 3.02. The summed E-state index contributed by atoms with van der Waals surface area (Å²) in [5, 5.41) is 2.59. The first-order chi connectivity index (χ1) is 7.75. The van der Waals surface area contributed by atoms with Crippen LogP contribution in [0.25, 0.3) is 0 Å². The number of amides is 1. The first kappa shape index (κ1) is 10.0. The summed E-state index contributed by atoms with van der Waals surface area (Å²) in [6.45, 7) is 0. The van der Waals surface area contributed by atoms with Crippen molar-refractivity contribution in [3.8, 4) is 0 Å². The monoisotopic (exact) mass is 216 g/mol. The molecule has 0 atom stereocenters. The zero-order valence-corrected chi connectivity index (χ0v) is 8.18. The Kier molecular flexibility index (Phi) is 2.73. The van der Waals surface area contributed by atoms with E-state index in [1.807, 2.05) is 0 Å². The lowest BCUT2D eigenvalue weighted by atomic mass is 10.2. The third-order valence-corrected chi connectivity index (χ3v) is 1.86. The van der Waals surface area contributed by atoms with Gasteiger partial charge in [0.05, 0.1) is 23.6 Å². The van der Waals surface area contributed by atoms with E-state index in [1.165, 1.54) is 37.1 Å². The number of nitrogens with one attached hydrogen (secondary N) is 2. The third kappa shape index (κ3) is 2.30. The van der Waals surface area contributed by atoms with Crippen LogP contribution in [0.5, 0.6) is 0 Å². The Labute approximate surface area is 90.4 Å². The molecule has 0 unspecified atom stereocenters. The molecule has 0 aliphatic rings. The molecule has 2 N–H and O–H groups in total. The molecule has 6 nitrogen and oxygen atoms in total. The molecule has 0 saturated carbocycles. The number of hydrogen-bond acceptors (Lipinski definition) is 4. The summed E-state index contributed by atoms with van der Waals surface area (Å²) in [6.07, 6.45) is 5.68. The minimum Gasteiger partial charge on any atom is -0.328 e. The lowest BCUT2D eigenvalue weighted by molar-refractivity contribution is 0.102. The van der Waals surface area contributed by atoms with Crippen molar-refractivity contribution in [1.82, 2.24) is 15.0 Å². The maximum Gasteiger partial charge on any atom is 0.257 e. The van der Waals surface area contributed by atoms with Crippen LogP contribution < -0.4 is 10.9 Å². The van der Waals surface area contributed by atoms with Gasteiger partial charge in [0.15, 0.2) is 0 Å². The fourth-order valence-electron chi connectivity index (χ4n) is 1.12. The van der Waals surface area contributed by atoms with Gasteiger partial charge >= 0.3 is 0 Å². The fourth-order valence-corrected chi connectivity index (χ4v) is 1.12. The maximum atomic E-state index is 11.6. The molecule has 16 heavy (non-hydrogen) atoms. The van der Waals surface area contributed by atoms with Crippen molar-refractivity contribution in [1.29, 1.82) is 0 Å². The first-order valence-corrected chi connectivity index (χ1v) is 4.51.